The summed E-state index contributed by atoms with van der Waals surface area (Å²) in [5.74, 6) is -0.852. The van der Waals surface area contributed by atoms with Gasteiger partial charge in [-0.2, -0.15) is 4.72 Å². The largest absolute Gasteiger partial charge is 0.497 e. The van der Waals surface area contributed by atoms with Crippen molar-refractivity contribution in [2.45, 2.75) is 36.8 Å². The lowest BCUT2D eigenvalue weighted by Gasteiger charge is -2.14. The number of esters is 1. The van der Waals surface area contributed by atoms with E-state index < -0.39 is 34.5 Å². The molecule has 1 atom stereocenters. The van der Waals surface area contributed by atoms with Crippen molar-refractivity contribution in [2.24, 2.45) is 0 Å². The second-order valence-corrected chi connectivity index (χ2v) is 7.49. The van der Waals surface area contributed by atoms with Gasteiger partial charge in [0, 0.05) is 12.1 Å². The molecule has 0 saturated heterocycles. The fraction of sp³-hybridized carbons (Fsp3) is 0.500. The maximum atomic E-state index is 12.4. The molecule has 26 heavy (non-hydrogen) atoms. The summed E-state index contributed by atoms with van der Waals surface area (Å²) in [7, 11) is -1.32. The molecule has 1 saturated carbocycles. The number of methoxy groups -OCH3 is 2. The van der Waals surface area contributed by atoms with Crippen molar-refractivity contribution in [1.82, 2.24) is 10.0 Å². The molecule has 1 aliphatic rings. The third-order valence-corrected chi connectivity index (χ3v) is 5.09. The molecule has 0 aromatic heterocycles. The van der Waals surface area contributed by atoms with E-state index in [9.17, 15) is 18.0 Å². The van der Waals surface area contributed by atoms with Crippen molar-refractivity contribution in [2.75, 3.05) is 20.8 Å². The van der Waals surface area contributed by atoms with Crippen molar-refractivity contribution in [3.8, 4) is 11.5 Å². The van der Waals surface area contributed by atoms with Crippen molar-refractivity contribution >= 4 is 21.9 Å². The molecule has 0 radical (unpaired) electrons. The maximum Gasteiger partial charge on any atom is 0.321 e. The zero-order valence-corrected chi connectivity index (χ0v) is 15.6. The first-order valence-electron chi connectivity index (χ1n) is 7.98. The number of benzene rings is 1. The molecule has 0 spiro atoms. The van der Waals surface area contributed by atoms with Crippen LogP contribution in [-0.2, 0) is 24.3 Å². The smallest absolute Gasteiger partial charge is 0.321 e. The highest BCUT2D eigenvalue weighted by atomic mass is 32.2. The van der Waals surface area contributed by atoms with Gasteiger partial charge in [-0.3, -0.25) is 9.59 Å². The highest BCUT2D eigenvalue weighted by Gasteiger charge is 2.28. The zero-order chi connectivity index (χ0) is 19.3. The highest BCUT2D eigenvalue weighted by Crippen LogP contribution is 2.27. The minimum atomic E-state index is -4.05. The number of ether oxygens (including phenoxy) is 3. The molecule has 1 fully saturated rings. The predicted molar refractivity (Wildman–Crippen MR) is 91.5 cm³/mol. The van der Waals surface area contributed by atoms with E-state index in [-0.39, 0.29) is 16.7 Å². The monoisotopic (exact) mass is 386 g/mol. The average Bonchev–Trinajstić information content (AvgIpc) is 3.43. The second-order valence-electron chi connectivity index (χ2n) is 5.76. The molecule has 0 heterocycles. The first-order chi connectivity index (χ1) is 12.3. The van der Waals surface area contributed by atoms with Gasteiger partial charge in [0.1, 0.15) is 22.9 Å². The van der Waals surface area contributed by atoms with Gasteiger partial charge in [0.25, 0.3) is 5.91 Å². The lowest BCUT2D eigenvalue weighted by Crippen LogP contribution is -2.39. The topological polar surface area (TPSA) is 120 Å². The third kappa shape index (κ3) is 5.33. The number of hydrogen-bond donors (Lipinski definition) is 2. The van der Waals surface area contributed by atoms with Crippen molar-refractivity contribution in [1.29, 1.82) is 0 Å². The van der Waals surface area contributed by atoms with E-state index in [1.807, 2.05) is 0 Å². The van der Waals surface area contributed by atoms with Gasteiger partial charge in [-0.25, -0.2) is 8.42 Å². The van der Waals surface area contributed by atoms with Crippen LogP contribution in [-0.4, -0.2) is 53.2 Å². The van der Waals surface area contributed by atoms with Crippen LogP contribution in [0, 0.1) is 0 Å². The van der Waals surface area contributed by atoms with Crippen LogP contribution >= 0.6 is 0 Å². The van der Waals surface area contributed by atoms with Crippen LogP contribution in [0.4, 0.5) is 0 Å². The first-order valence-corrected chi connectivity index (χ1v) is 9.46. The number of hydrogen-bond acceptors (Lipinski definition) is 7. The average molecular weight is 386 g/mol. The SMILES string of the molecule is COc1ccc(OC)c(S(=O)(=O)NCC(=O)O[C@H](C)C(=O)NC2CC2)c1. The standard InChI is InChI=1S/C16H22N2O7S/c1-10(16(20)18-11-4-5-11)25-15(19)9-17-26(21,22)14-8-12(23-2)6-7-13(14)24-3/h6-8,10-11,17H,4-5,9H2,1-3H3,(H,18,20)/t10-/m1/s1. The van der Waals surface area contributed by atoms with Crippen molar-refractivity contribution in [3.63, 3.8) is 0 Å². The van der Waals surface area contributed by atoms with Gasteiger partial charge in [0.15, 0.2) is 6.10 Å². The summed E-state index contributed by atoms with van der Waals surface area (Å²) in [5, 5.41) is 2.70. The molecule has 2 N–H and O–H groups in total. The Morgan fingerprint density at radius 2 is 1.92 bits per heavy atom. The van der Waals surface area contributed by atoms with Crippen molar-refractivity contribution < 1.29 is 32.2 Å². The Bertz CT molecular complexity index is 775. The molecule has 1 aromatic rings. The molecule has 0 bridgehead atoms. The summed E-state index contributed by atoms with van der Waals surface area (Å²) in [6.07, 6.45) is 0.822. The van der Waals surface area contributed by atoms with E-state index in [1.54, 1.807) is 6.07 Å². The zero-order valence-electron chi connectivity index (χ0n) is 14.8. The number of carbonyl (C=O) groups is 2. The Morgan fingerprint density at radius 1 is 1.23 bits per heavy atom. The summed E-state index contributed by atoms with van der Waals surface area (Å²) in [5.41, 5.74) is 0. The van der Waals surface area contributed by atoms with Gasteiger partial charge in [-0.15, -0.1) is 0 Å². The first kappa shape index (κ1) is 20.0. The van der Waals surface area contributed by atoms with Crippen LogP contribution in [0.3, 0.4) is 0 Å². The lowest BCUT2D eigenvalue weighted by molar-refractivity contribution is -0.153. The van der Waals surface area contributed by atoms with E-state index in [0.29, 0.717) is 5.75 Å². The molecular formula is C16H22N2O7S. The van der Waals surface area contributed by atoms with Gasteiger partial charge in [-0.05, 0) is 31.9 Å². The number of carbonyl (C=O) groups excluding carboxylic acids is 2. The lowest BCUT2D eigenvalue weighted by atomic mass is 10.3. The molecule has 1 aromatic carbocycles. The van der Waals surface area contributed by atoms with E-state index in [4.69, 9.17) is 14.2 Å². The van der Waals surface area contributed by atoms with Crippen LogP contribution in [0.1, 0.15) is 19.8 Å². The molecule has 9 nitrogen and oxygen atoms in total. The Morgan fingerprint density at radius 3 is 2.50 bits per heavy atom. The maximum absolute atomic E-state index is 12.4. The van der Waals surface area contributed by atoms with E-state index in [0.717, 1.165) is 12.8 Å². The van der Waals surface area contributed by atoms with Gasteiger partial charge in [-0.1, -0.05) is 0 Å². The van der Waals surface area contributed by atoms with Crippen LogP contribution in [0.15, 0.2) is 23.1 Å². The minimum absolute atomic E-state index is 0.101. The number of rotatable bonds is 9. The normalized spacial score (nSPS) is 15.0. The quantitative estimate of drug-likeness (QED) is 0.581. The Labute approximate surface area is 152 Å². The molecule has 2 rings (SSSR count). The molecule has 1 aliphatic carbocycles. The molecule has 10 heteroatoms. The summed E-state index contributed by atoms with van der Waals surface area (Å²) in [4.78, 5) is 23.4. The van der Waals surface area contributed by atoms with Crippen LogP contribution in [0.25, 0.3) is 0 Å². The van der Waals surface area contributed by atoms with Gasteiger partial charge in [0.2, 0.25) is 10.0 Å². The van der Waals surface area contributed by atoms with E-state index >= 15 is 0 Å². The Hall–Kier alpha value is -2.33. The summed E-state index contributed by atoms with van der Waals surface area (Å²) in [6, 6.07) is 4.41. The predicted octanol–water partition coefficient (Wildman–Crippen LogP) is 0.192. The second kappa shape index (κ2) is 8.37. The number of amides is 1. The Kier molecular flexibility index (Phi) is 6.43. The fourth-order valence-corrected chi connectivity index (χ4v) is 3.22. The van der Waals surface area contributed by atoms with Crippen LogP contribution in [0.2, 0.25) is 0 Å². The van der Waals surface area contributed by atoms with Crippen LogP contribution in [0.5, 0.6) is 11.5 Å². The Balaban J connectivity index is 1.96. The minimum Gasteiger partial charge on any atom is -0.497 e. The summed E-state index contributed by atoms with van der Waals surface area (Å²) >= 11 is 0. The van der Waals surface area contributed by atoms with Crippen molar-refractivity contribution in [3.05, 3.63) is 18.2 Å². The van der Waals surface area contributed by atoms with E-state index in [2.05, 4.69) is 10.0 Å². The number of sulfonamides is 1. The molecule has 0 unspecified atom stereocenters. The summed E-state index contributed by atoms with van der Waals surface area (Å²) in [6.45, 7) is 0.805. The van der Waals surface area contributed by atoms with Gasteiger partial charge >= 0.3 is 5.97 Å². The molecule has 0 aliphatic heterocycles. The molecule has 144 valence electrons. The third-order valence-electron chi connectivity index (χ3n) is 3.67. The summed E-state index contributed by atoms with van der Waals surface area (Å²) < 4.78 is 42.0. The van der Waals surface area contributed by atoms with Crippen LogP contribution < -0.4 is 19.5 Å². The molecular weight excluding hydrogens is 364 g/mol. The molecule has 1 amide bonds. The fourth-order valence-electron chi connectivity index (χ4n) is 2.06. The highest BCUT2D eigenvalue weighted by molar-refractivity contribution is 7.89. The van der Waals surface area contributed by atoms with E-state index in [1.165, 1.54) is 33.3 Å². The van der Waals surface area contributed by atoms with Gasteiger partial charge < -0.3 is 19.5 Å². The van der Waals surface area contributed by atoms with Gasteiger partial charge in [0.05, 0.1) is 14.2 Å². The number of nitrogens with one attached hydrogen (secondary N) is 2.